The zero-order chi connectivity index (χ0) is 23.2. The van der Waals surface area contributed by atoms with E-state index in [2.05, 4.69) is 10.6 Å². The highest BCUT2D eigenvalue weighted by atomic mass is 32.2. The first-order valence-corrected chi connectivity index (χ1v) is 12.3. The lowest BCUT2D eigenvalue weighted by molar-refractivity contribution is -0.122. The van der Waals surface area contributed by atoms with Crippen LogP contribution < -0.4 is 10.6 Å². The lowest BCUT2D eigenvalue weighted by atomic mass is 10.0. The van der Waals surface area contributed by atoms with Crippen molar-refractivity contribution in [2.45, 2.75) is 23.6 Å². The molecular weight excluding hydrogens is 444 g/mol. The maximum atomic E-state index is 10.9. The fraction of sp³-hybridized carbons (Fsp3) is 0.350. The number of amides is 1. The van der Waals surface area contributed by atoms with Gasteiger partial charge in [-0.3, -0.25) is 13.9 Å². The van der Waals surface area contributed by atoms with Crippen LogP contribution in [0.2, 0.25) is 0 Å². The van der Waals surface area contributed by atoms with Crippen LogP contribution in [0.15, 0.2) is 58.3 Å². The molecule has 2 aliphatic heterocycles. The van der Waals surface area contributed by atoms with Gasteiger partial charge in [0, 0.05) is 25.6 Å². The molecular formula is C20H26N2O7S2. The minimum absolute atomic E-state index is 0.0666. The van der Waals surface area contributed by atoms with Gasteiger partial charge in [-0.15, -0.1) is 0 Å². The van der Waals surface area contributed by atoms with E-state index >= 15 is 0 Å². The van der Waals surface area contributed by atoms with Gasteiger partial charge in [-0.1, -0.05) is 35.4 Å². The second-order valence-electron chi connectivity index (χ2n) is 7.35. The highest BCUT2D eigenvalue weighted by molar-refractivity contribution is 7.86. The summed E-state index contributed by atoms with van der Waals surface area (Å²) >= 11 is 0. The molecule has 4 rings (SSSR count). The lowest BCUT2D eigenvalue weighted by Gasteiger charge is -1.98. The first kappa shape index (κ1) is 25.0. The predicted octanol–water partition coefficient (Wildman–Crippen LogP) is 1.44. The molecule has 1 amide bonds. The molecule has 2 saturated heterocycles. The largest absolute Gasteiger partial charge is 0.355 e. The standard InChI is InChI=1S/2C7H8O3S.C6H10N2O/c2*1-6-2-4-7(5-3-6)11(8,9)10;9-6-5-3-7-1-4(5)2-8-6/h2*2-5H,1H3,(H,8,9,10);4-5,7H,1-3H2,(H,8,9). The molecule has 0 radical (unpaired) electrons. The van der Waals surface area contributed by atoms with E-state index < -0.39 is 20.2 Å². The van der Waals surface area contributed by atoms with Crippen LogP contribution in [0, 0.1) is 25.7 Å². The van der Waals surface area contributed by atoms with Crippen molar-refractivity contribution in [2.75, 3.05) is 19.6 Å². The van der Waals surface area contributed by atoms with Gasteiger partial charge in [0.05, 0.1) is 15.7 Å². The molecule has 2 atom stereocenters. The van der Waals surface area contributed by atoms with E-state index in [1.54, 1.807) is 24.3 Å². The van der Waals surface area contributed by atoms with Crippen LogP contribution >= 0.6 is 0 Å². The molecule has 0 bridgehead atoms. The second kappa shape index (κ2) is 10.3. The minimum Gasteiger partial charge on any atom is -0.355 e. The van der Waals surface area contributed by atoms with Crippen LogP contribution in [0.4, 0.5) is 0 Å². The Hall–Kier alpha value is -2.31. The average Bonchev–Trinajstić information content (AvgIpc) is 3.28. The highest BCUT2D eigenvalue weighted by Gasteiger charge is 2.37. The average molecular weight is 471 g/mol. The van der Waals surface area contributed by atoms with E-state index in [1.165, 1.54) is 24.3 Å². The number of hydrogen-bond acceptors (Lipinski definition) is 6. The topological polar surface area (TPSA) is 150 Å². The van der Waals surface area contributed by atoms with Crippen LogP contribution in [0.3, 0.4) is 0 Å². The third kappa shape index (κ3) is 7.71. The van der Waals surface area contributed by atoms with Gasteiger partial charge in [0.2, 0.25) is 5.91 Å². The van der Waals surface area contributed by atoms with E-state index in [9.17, 15) is 21.6 Å². The van der Waals surface area contributed by atoms with E-state index in [-0.39, 0.29) is 21.6 Å². The van der Waals surface area contributed by atoms with Crippen LogP contribution in [-0.2, 0) is 25.0 Å². The van der Waals surface area contributed by atoms with Gasteiger partial charge in [-0.2, -0.15) is 16.8 Å². The molecule has 0 aromatic heterocycles. The summed E-state index contributed by atoms with van der Waals surface area (Å²) in [5, 5.41) is 6.04. The van der Waals surface area contributed by atoms with Gasteiger partial charge in [0.25, 0.3) is 20.2 Å². The number of benzene rings is 2. The number of rotatable bonds is 2. The Bertz CT molecular complexity index is 1020. The summed E-state index contributed by atoms with van der Waals surface area (Å²) in [5.74, 6) is 1.10. The van der Waals surface area contributed by atoms with Gasteiger partial charge in [-0.05, 0) is 38.1 Å². The summed E-state index contributed by atoms with van der Waals surface area (Å²) in [6.07, 6.45) is 0. The molecule has 2 aromatic carbocycles. The molecule has 4 N–H and O–H groups in total. The molecule has 2 unspecified atom stereocenters. The Morgan fingerprint density at radius 2 is 1.16 bits per heavy atom. The quantitative estimate of drug-likeness (QED) is 0.482. The zero-order valence-electron chi connectivity index (χ0n) is 17.1. The number of carbonyl (C=O) groups is 1. The molecule has 0 spiro atoms. The molecule has 0 saturated carbocycles. The van der Waals surface area contributed by atoms with Crippen molar-refractivity contribution >= 4 is 26.1 Å². The Balaban J connectivity index is 0.000000166. The molecule has 2 aromatic rings. The van der Waals surface area contributed by atoms with Gasteiger partial charge < -0.3 is 10.6 Å². The van der Waals surface area contributed by atoms with E-state index in [4.69, 9.17) is 9.11 Å². The Morgan fingerprint density at radius 3 is 1.52 bits per heavy atom. The summed E-state index contributed by atoms with van der Waals surface area (Å²) in [5.41, 5.74) is 1.91. The van der Waals surface area contributed by atoms with Crippen molar-refractivity contribution < 1.29 is 30.7 Å². The normalized spacial score (nSPS) is 19.9. The third-order valence-electron chi connectivity index (χ3n) is 4.85. The Labute approximate surface area is 182 Å². The van der Waals surface area contributed by atoms with Crippen molar-refractivity contribution in [3.05, 3.63) is 59.7 Å². The summed E-state index contributed by atoms with van der Waals surface area (Å²) in [7, 11) is -8.04. The maximum absolute atomic E-state index is 10.9. The third-order valence-corrected chi connectivity index (χ3v) is 6.59. The zero-order valence-corrected chi connectivity index (χ0v) is 18.8. The molecule has 0 aliphatic carbocycles. The molecule has 11 heteroatoms. The van der Waals surface area contributed by atoms with E-state index in [0.717, 1.165) is 30.8 Å². The first-order chi connectivity index (χ1) is 14.4. The van der Waals surface area contributed by atoms with E-state index in [1.807, 2.05) is 13.8 Å². The predicted molar refractivity (Wildman–Crippen MR) is 115 cm³/mol. The fourth-order valence-electron chi connectivity index (χ4n) is 3.04. The summed E-state index contributed by atoms with van der Waals surface area (Å²) < 4.78 is 59.1. The number of aryl methyl sites for hydroxylation is 2. The van der Waals surface area contributed by atoms with Crippen molar-refractivity contribution in [3.8, 4) is 0 Å². The summed E-state index contributed by atoms with van der Waals surface area (Å²) in [4.78, 5) is 10.8. The van der Waals surface area contributed by atoms with Crippen molar-refractivity contribution in [1.82, 2.24) is 10.6 Å². The number of nitrogens with one attached hydrogen (secondary N) is 2. The number of hydrogen-bond donors (Lipinski definition) is 4. The fourth-order valence-corrected chi connectivity index (χ4v) is 4.00. The van der Waals surface area contributed by atoms with Crippen molar-refractivity contribution in [3.63, 3.8) is 0 Å². The van der Waals surface area contributed by atoms with Gasteiger partial charge in [0.15, 0.2) is 0 Å². The van der Waals surface area contributed by atoms with Gasteiger partial charge >= 0.3 is 0 Å². The Kier molecular flexibility index (Phi) is 8.32. The first-order valence-electron chi connectivity index (χ1n) is 9.44. The number of fused-ring (bicyclic) bond motifs is 1. The summed E-state index contributed by atoms with van der Waals surface area (Å²) in [6, 6.07) is 12.0. The molecule has 2 aliphatic rings. The summed E-state index contributed by atoms with van der Waals surface area (Å²) in [6.45, 7) is 6.47. The lowest BCUT2D eigenvalue weighted by Crippen LogP contribution is -2.24. The van der Waals surface area contributed by atoms with Crippen LogP contribution in [0.5, 0.6) is 0 Å². The Morgan fingerprint density at radius 1 is 0.742 bits per heavy atom. The van der Waals surface area contributed by atoms with Crippen LogP contribution in [0.1, 0.15) is 11.1 Å². The van der Waals surface area contributed by atoms with E-state index in [0.29, 0.717) is 5.92 Å². The smallest absolute Gasteiger partial charge is 0.294 e. The van der Waals surface area contributed by atoms with Gasteiger partial charge in [-0.25, -0.2) is 0 Å². The van der Waals surface area contributed by atoms with Crippen molar-refractivity contribution in [2.24, 2.45) is 11.8 Å². The molecule has 2 heterocycles. The second-order valence-corrected chi connectivity index (χ2v) is 10.2. The molecule has 2 fully saturated rings. The SMILES string of the molecule is Cc1ccc(S(=O)(=O)O)cc1.Cc1ccc(S(=O)(=O)O)cc1.O=C1NCC2CNCC12. The number of carbonyl (C=O) groups excluding carboxylic acids is 1. The highest BCUT2D eigenvalue weighted by Crippen LogP contribution is 2.20. The van der Waals surface area contributed by atoms with Crippen molar-refractivity contribution in [1.29, 1.82) is 0 Å². The molecule has 31 heavy (non-hydrogen) atoms. The minimum atomic E-state index is -4.02. The monoisotopic (exact) mass is 470 g/mol. The maximum Gasteiger partial charge on any atom is 0.294 e. The molecule has 170 valence electrons. The van der Waals surface area contributed by atoms with Gasteiger partial charge in [0.1, 0.15) is 0 Å². The van der Waals surface area contributed by atoms with Crippen LogP contribution in [-0.4, -0.2) is 51.5 Å². The molecule has 9 nitrogen and oxygen atoms in total. The van der Waals surface area contributed by atoms with Crippen LogP contribution in [0.25, 0.3) is 0 Å².